The molecule has 0 radical (unpaired) electrons. The lowest BCUT2D eigenvalue weighted by Crippen LogP contribution is -2.48. The minimum atomic E-state index is -0.212. The van der Waals surface area contributed by atoms with Gasteiger partial charge in [0, 0.05) is 18.4 Å². The van der Waals surface area contributed by atoms with E-state index in [-0.39, 0.29) is 41.7 Å². The van der Waals surface area contributed by atoms with E-state index >= 15 is 0 Å². The van der Waals surface area contributed by atoms with Gasteiger partial charge in [-0.3, -0.25) is 9.59 Å². The maximum absolute atomic E-state index is 12.8. The monoisotopic (exact) mass is 812 g/mol. The third kappa shape index (κ3) is 9.96. The number of fused-ring (bicyclic) bond motifs is 4. The number of aryl methyl sites for hydroxylation is 3. The summed E-state index contributed by atoms with van der Waals surface area (Å²) in [6, 6.07) is 39.0. The molecule has 2 aliphatic heterocycles. The summed E-state index contributed by atoms with van der Waals surface area (Å²) in [6.07, 6.45) is 7.94. The Kier molecular flexibility index (Phi) is 13.3. The van der Waals surface area contributed by atoms with E-state index in [1.165, 1.54) is 44.5 Å². The Balaban J connectivity index is 0.000000144. The fourth-order valence-corrected chi connectivity index (χ4v) is 8.81. The van der Waals surface area contributed by atoms with Crippen molar-refractivity contribution in [3.63, 3.8) is 0 Å². The highest BCUT2D eigenvalue weighted by atomic mass is 79.9. The first-order valence-electron chi connectivity index (χ1n) is 20.1. The number of halogens is 1. The van der Waals surface area contributed by atoms with Crippen molar-refractivity contribution in [3.05, 3.63) is 171 Å². The first-order valence-corrected chi connectivity index (χ1v) is 21.2. The van der Waals surface area contributed by atoms with E-state index < -0.39 is 0 Å². The first-order chi connectivity index (χ1) is 27.3. The third-order valence-electron chi connectivity index (χ3n) is 11.5. The molecule has 0 saturated carbocycles. The van der Waals surface area contributed by atoms with Gasteiger partial charge in [0.1, 0.15) is 5.75 Å². The van der Waals surface area contributed by atoms with Crippen molar-refractivity contribution in [1.29, 1.82) is 0 Å². The highest BCUT2D eigenvalue weighted by Crippen LogP contribution is 2.31. The van der Waals surface area contributed by atoms with Crippen molar-refractivity contribution in [2.75, 3.05) is 0 Å². The Labute approximate surface area is 339 Å². The van der Waals surface area contributed by atoms with Crippen LogP contribution in [0, 0.1) is 6.92 Å². The van der Waals surface area contributed by atoms with Gasteiger partial charge in [0.05, 0.1) is 24.2 Å². The van der Waals surface area contributed by atoms with Gasteiger partial charge in [-0.2, -0.15) is 0 Å². The molecule has 0 unspecified atom stereocenters. The molecule has 0 aromatic heterocycles. The summed E-state index contributed by atoms with van der Waals surface area (Å²) < 4.78 is 0. The van der Waals surface area contributed by atoms with E-state index in [0.717, 1.165) is 67.9 Å². The van der Waals surface area contributed by atoms with Crippen LogP contribution < -0.4 is 21.3 Å². The molecule has 56 heavy (non-hydrogen) atoms. The molecule has 5 N–H and O–H groups in total. The van der Waals surface area contributed by atoms with E-state index in [1.807, 2.05) is 30.3 Å². The second-order valence-electron chi connectivity index (χ2n) is 15.4. The molecule has 0 bridgehead atoms. The van der Waals surface area contributed by atoms with E-state index in [2.05, 4.69) is 117 Å². The molecule has 2 heterocycles. The standard InChI is InChI=1S/C21H24N2O.C20H22N2O2.C7H7Br/c1-14-9-10-16-12-20(22-13-17(16)11-14)21(24)23-19-8-4-6-15-5-2-3-7-18(15)19;23-16-9-8-14-11-19(21-12-15(14)10-16)20(24)22-18-7-3-5-13-4-1-2-6-17(13)18;8-6-7-4-2-1-3-5-7/h2-3,5,7,9-11,19-20,22H,4,6,8,12-13H2,1H3,(H,23,24);1-2,4,6,8-10,18-19,21,23H,3,5,7,11-12H2,(H,22,24);1-5H,6H2/t19-,20-;18-,19-;/m00./s1. The molecule has 4 atom stereocenters. The Bertz CT molecular complexity index is 1990. The third-order valence-corrected chi connectivity index (χ3v) is 12.1. The van der Waals surface area contributed by atoms with Crippen molar-refractivity contribution in [2.45, 2.75) is 101 Å². The summed E-state index contributed by atoms with van der Waals surface area (Å²) in [6.45, 7) is 3.50. The smallest absolute Gasteiger partial charge is 0.237 e. The molecule has 0 fully saturated rings. The lowest BCUT2D eigenvalue weighted by Gasteiger charge is -2.30. The summed E-state index contributed by atoms with van der Waals surface area (Å²) >= 11 is 3.36. The number of amides is 2. The first kappa shape index (κ1) is 39.5. The van der Waals surface area contributed by atoms with Gasteiger partial charge in [0.15, 0.2) is 0 Å². The van der Waals surface area contributed by atoms with Crippen LogP contribution in [0.3, 0.4) is 0 Å². The van der Waals surface area contributed by atoms with Gasteiger partial charge in [-0.25, -0.2) is 0 Å². The fraction of sp³-hybridized carbons (Fsp3) is 0.333. The van der Waals surface area contributed by atoms with Crippen LogP contribution in [0.4, 0.5) is 0 Å². The molecular formula is C48H53BrN4O3. The predicted octanol–water partition coefficient (Wildman–Crippen LogP) is 8.38. The molecule has 5 aromatic carbocycles. The number of hydrogen-bond acceptors (Lipinski definition) is 5. The van der Waals surface area contributed by atoms with Crippen molar-refractivity contribution >= 4 is 27.7 Å². The molecule has 2 aliphatic carbocycles. The molecular weight excluding hydrogens is 760 g/mol. The maximum atomic E-state index is 12.8. The van der Waals surface area contributed by atoms with Crippen molar-refractivity contribution in [3.8, 4) is 5.75 Å². The Hall–Kier alpha value is -4.76. The van der Waals surface area contributed by atoms with Gasteiger partial charge in [-0.15, -0.1) is 0 Å². The maximum Gasteiger partial charge on any atom is 0.237 e. The number of alkyl halides is 1. The predicted molar refractivity (Wildman–Crippen MR) is 228 cm³/mol. The van der Waals surface area contributed by atoms with Gasteiger partial charge in [-0.05, 0) is 120 Å². The largest absolute Gasteiger partial charge is 0.508 e. The van der Waals surface area contributed by atoms with Gasteiger partial charge in [-0.1, -0.05) is 125 Å². The molecule has 0 saturated heterocycles. The normalized spacial score (nSPS) is 20.5. The van der Waals surface area contributed by atoms with Crippen molar-refractivity contribution in [2.24, 2.45) is 0 Å². The van der Waals surface area contributed by atoms with Gasteiger partial charge >= 0.3 is 0 Å². The van der Waals surface area contributed by atoms with Crippen LogP contribution in [0.1, 0.15) is 93.4 Å². The Morgan fingerprint density at radius 2 is 1.12 bits per heavy atom. The number of rotatable bonds is 5. The number of phenols is 1. The molecule has 7 nitrogen and oxygen atoms in total. The van der Waals surface area contributed by atoms with Crippen LogP contribution >= 0.6 is 15.9 Å². The van der Waals surface area contributed by atoms with Crippen LogP contribution in [0.2, 0.25) is 0 Å². The summed E-state index contributed by atoms with van der Waals surface area (Å²) in [7, 11) is 0. The van der Waals surface area contributed by atoms with E-state index in [1.54, 1.807) is 12.1 Å². The molecule has 5 aromatic rings. The summed E-state index contributed by atoms with van der Waals surface area (Å²) in [4.78, 5) is 25.5. The number of hydrogen-bond donors (Lipinski definition) is 5. The summed E-state index contributed by atoms with van der Waals surface area (Å²) in [5.41, 5.74) is 12.7. The minimum absolute atomic E-state index is 0.0652. The van der Waals surface area contributed by atoms with Crippen LogP contribution in [-0.4, -0.2) is 29.0 Å². The molecule has 0 spiro atoms. The average molecular weight is 814 g/mol. The molecule has 2 amide bonds. The zero-order chi connectivity index (χ0) is 38.9. The van der Waals surface area contributed by atoms with Gasteiger partial charge < -0.3 is 26.4 Å². The topological polar surface area (TPSA) is 102 Å². The van der Waals surface area contributed by atoms with Crippen molar-refractivity contribution < 1.29 is 14.7 Å². The second kappa shape index (κ2) is 18.9. The van der Waals surface area contributed by atoms with E-state index in [0.29, 0.717) is 13.0 Å². The zero-order valence-electron chi connectivity index (χ0n) is 32.2. The fourth-order valence-electron chi connectivity index (χ4n) is 8.44. The SMILES string of the molecule is BrCc1ccccc1.Cc1ccc2c(c1)CN[C@H](C(=O)N[C@H]1CCCc3ccccc31)C2.O=C(N[C@H]1CCCc2ccccc21)[C@@H]1Cc2ccc(O)cc2CN1. The zero-order valence-corrected chi connectivity index (χ0v) is 33.8. The van der Waals surface area contributed by atoms with Gasteiger partial charge in [0.2, 0.25) is 11.8 Å². The van der Waals surface area contributed by atoms with E-state index in [4.69, 9.17) is 0 Å². The molecule has 290 valence electrons. The van der Waals surface area contributed by atoms with Gasteiger partial charge in [0.25, 0.3) is 0 Å². The highest BCUT2D eigenvalue weighted by Gasteiger charge is 2.29. The van der Waals surface area contributed by atoms with Crippen LogP contribution in [0.5, 0.6) is 5.75 Å². The number of phenolic OH excluding ortho intramolecular Hbond substituents is 1. The Morgan fingerprint density at radius 3 is 1.66 bits per heavy atom. The van der Waals surface area contributed by atoms with Crippen LogP contribution in [0.25, 0.3) is 0 Å². The number of benzene rings is 5. The van der Waals surface area contributed by atoms with Crippen molar-refractivity contribution in [1.82, 2.24) is 21.3 Å². The number of carbonyl (C=O) groups is 2. The highest BCUT2D eigenvalue weighted by molar-refractivity contribution is 9.08. The van der Waals surface area contributed by atoms with Crippen LogP contribution in [0.15, 0.2) is 115 Å². The molecule has 9 rings (SSSR count). The lowest BCUT2D eigenvalue weighted by molar-refractivity contribution is -0.125. The number of carbonyl (C=O) groups excluding carboxylic acids is 2. The Morgan fingerprint density at radius 1 is 0.625 bits per heavy atom. The van der Waals surface area contributed by atoms with Crippen LogP contribution in [-0.2, 0) is 53.7 Å². The summed E-state index contributed by atoms with van der Waals surface area (Å²) in [5, 5.41) is 23.7. The number of nitrogens with one attached hydrogen (secondary N) is 4. The van der Waals surface area contributed by atoms with E-state index in [9.17, 15) is 14.7 Å². The lowest BCUT2D eigenvalue weighted by atomic mass is 9.87. The minimum Gasteiger partial charge on any atom is -0.508 e. The molecule has 4 aliphatic rings. The second-order valence-corrected chi connectivity index (χ2v) is 16.0. The summed E-state index contributed by atoms with van der Waals surface area (Å²) in [5.74, 6) is 0.468. The average Bonchev–Trinajstić information content (AvgIpc) is 3.24. The molecule has 8 heteroatoms. The number of aromatic hydroxyl groups is 1. The quantitative estimate of drug-likeness (QED) is 0.115.